The van der Waals surface area contributed by atoms with Crippen molar-refractivity contribution >= 4 is 16.7 Å². The van der Waals surface area contributed by atoms with Gasteiger partial charge in [0.2, 0.25) is 0 Å². The van der Waals surface area contributed by atoms with Crippen molar-refractivity contribution in [3.63, 3.8) is 0 Å². The minimum Gasteiger partial charge on any atom is -0.365 e. The zero-order valence-corrected chi connectivity index (χ0v) is 21.2. The van der Waals surface area contributed by atoms with Crippen LogP contribution in [-0.4, -0.2) is 57.5 Å². The highest BCUT2D eigenvalue weighted by Crippen LogP contribution is 2.52. The third kappa shape index (κ3) is 3.70. The highest BCUT2D eigenvalue weighted by atomic mass is 15.3. The summed E-state index contributed by atoms with van der Waals surface area (Å²) in [5, 5.41) is 5.06. The van der Waals surface area contributed by atoms with E-state index in [0.717, 1.165) is 37.2 Å². The summed E-state index contributed by atoms with van der Waals surface area (Å²) in [4.78, 5) is 14.2. The Kier molecular flexibility index (Phi) is 5.40. The molecule has 1 aromatic carbocycles. The lowest BCUT2D eigenvalue weighted by Gasteiger charge is -2.55. The van der Waals surface area contributed by atoms with Gasteiger partial charge in [-0.1, -0.05) is 31.2 Å². The van der Waals surface area contributed by atoms with E-state index in [1.165, 1.54) is 66.4 Å². The van der Waals surface area contributed by atoms with Crippen molar-refractivity contribution in [2.45, 2.75) is 76.5 Å². The fourth-order valence-electron chi connectivity index (χ4n) is 7.73. The van der Waals surface area contributed by atoms with Gasteiger partial charge in [-0.15, -0.1) is 0 Å². The number of nitrogens with one attached hydrogen (secondary N) is 2. The first-order valence-electron chi connectivity index (χ1n) is 14.0. The van der Waals surface area contributed by atoms with E-state index >= 15 is 0 Å². The molecule has 2 N–H and O–H groups in total. The van der Waals surface area contributed by atoms with Crippen LogP contribution >= 0.6 is 0 Å². The van der Waals surface area contributed by atoms with Crippen molar-refractivity contribution in [1.82, 2.24) is 19.8 Å². The molecule has 3 atom stereocenters. The Bertz CT molecular complexity index is 1180. The number of fused-ring (bicyclic) bond motifs is 5. The van der Waals surface area contributed by atoms with Crippen LogP contribution < -0.4 is 5.32 Å². The smallest absolute Gasteiger partial charge is 0.126 e. The Labute approximate surface area is 209 Å². The second-order valence-corrected chi connectivity index (χ2v) is 11.8. The van der Waals surface area contributed by atoms with E-state index in [1.807, 2.05) is 0 Å². The highest BCUT2D eigenvalue weighted by Gasteiger charge is 2.48. The first-order valence-corrected chi connectivity index (χ1v) is 14.0. The minimum absolute atomic E-state index is 0.258. The van der Waals surface area contributed by atoms with E-state index in [9.17, 15) is 0 Å². The first kappa shape index (κ1) is 21.9. The van der Waals surface area contributed by atoms with Gasteiger partial charge in [0.15, 0.2) is 0 Å². The molecule has 35 heavy (non-hydrogen) atoms. The summed E-state index contributed by atoms with van der Waals surface area (Å²) < 4.78 is 0. The number of aromatic nitrogens is 2. The molecule has 0 radical (unpaired) electrons. The van der Waals surface area contributed by atoms with Crippen molar-refractivity contribution in [3.05, 3.63) is 59.4 Å². The summed E-state index contributed by atoms with van der Waals surface area (Å²) >= 11 is 0. The van der Waals surface area contributed by atoms with Crippen LogP contribution in [0.1, 0.15) is 68.8 Å². The van der Waals surface area contributed by atoms with Crippen LogP contribution in [0.4, 0.5) is 5.82 Å². The third-order valence-electron chi connectivity index (χ3n) is 9.45. The molecule has 3 aromatic rings. The quantitative estimate of drug-likeness (QED) is 0.494. The molecule has 2 aliphatic heterocycles. The van der Waals surface area contributed by atoms with Crippen LogP contribution in [-0.2, 0) is 6.42 Å². The van der Waals surface area contributed by atoms with E-state index in [0.29, 0.717) is 18.1 Å². The number of rotatable bonds is 6. The van der Waals surface area contributed by atoms with Crippen molar-refractivity contribution in [2.24, 2.45) is 11.8 Å². The van der Waals surface area contributed by atoms with Gasteiger partial charge in [0, 0.05) is 48.0 Å². The Hall–Kier alpha value is -2.37. The number of anilines is 1. The molecule has 5 aliphatic rings. The summed E-state index contributed by atoms with van der Waals surface area (Å²) in [6.45, 7) is 8.19. The minimum atomic E-state index is 0.258. The SMILES string of the molecule is CCCN1CC(Nc2ccc([C@@H]3c4[nH]c5ccccc5c4C[C@@H](C)N3C3CCC4CC3C4)cn2)C1. The lowest BCUT2D eigenvalue weighted by Crippen LogP contribution is -2.56. The maximum atomic E-state index is 4.94. The molecule has 0 amide bonds. The number of H-pyrrole nitrogens is 1. The molecule has 0 spiro atoms. The molecule has 4 heterocycles. The summed E-state index contributed by atoms with van der Waals surface area (Å²) in [5.41, 5.74) is 5.53. The molecule has 3 saturated carbocycles. The highest BCUT2D eigenvalue weighted by molar-refractivity contribution is 5.85. The predicted octanol–water partition coefficient (Wildman–Crippen LogP) is 5.59. The van der Waals surface area contributed by atoms with Gasteiger partial charge in [-0.2, -0.15) is 0 Å². The summed E-state index contributed by atoms with van der Waals surface area (Å²) in [6, 6.07) is 15.4. The normalized spacial score (nSPS) is 31.1. The molecule has 184 valence electrons. The summed E-state index contributed by atoms with van der Waals surface area (Å²) in [7, 11) is 0. The lowest BCUT2D eigenvalue weighted by molar-refractivity contribution is -0.0356. The average Bonchev–Trinajstić information content (AvgIpc) is 3.20. The summed E-state index contributed by atoms with van der Waals surface area (Å²) in [6.07, 6.45) is 10.2. The second-order valence-electron chi connectivity index (χ2n) is 11.8. The number of hydrogen-bond donors (Lipinski definition) is 2. The first-order chi connectivity index (χ1) is 17.2. The molecular weight excluding hydrogens is 430 g/mol. The topological polar surface area (TPSA) is 47.2 Å². The maximum absolute atomic E-state index is 4.94. The van der Waals surface area contributed by atoms with Gasteiger partial charge in [-0.25, -0.2) is 4.98 Å². The van der Waals surface area contributed by atoms with Crippen LogP contribution in [0.5, 0.6) is 0 Å². The van der Waals surface area contributed by atoms with Gasteiger partial charge in [-0.05, 0) is 87.1 Å². The molecule has 2 bridgehead atoms. The van der Waals surface area contributed by atoms with E-state index in [-0.39, 0.29) is 6.04 Å². The number of benzene rings is 1. The summed E-state index contributed by atoms with van der Waals surface area (Å²) in [5.74, 6) is 2.90. The monoisotopic (exact) mass is 469 g/mol. The van der Waals surface area contributed by atoms with Gasteiger partial charge >= 0.3 is 0 Å². The molecule has 8 rings (SSSR count). The van der Waals surface area contributed by atoms with Gasteiger partial charge in [-0.3, -0.25) is 9.80 Å². The Balaban J connectivity index is 1.21. The van der Waals surface area contributed by atoms with E-state index in [1.54, 1.807) is 0 Å². The van der Waals surface area contributed by atoms with Gasteiger partial charge in [0.05, 0.1) is 12.1 Å². The van der Waals surface area contributed by atoms with Gasteiger partial charge in [0.1, 0.15) is 5.82 Å². The Morgan fingerprint density at radius 3 is 2.69 bits per heavy atom. The maximum Gasteiger partial charge on any atom is 0.126 e. The molecule has 1 unspecified atom stereocenters. The van der Waals surface area contributed by atoms with Crippen molar-refractivity contribution in [1.29, 1.82) is 0 Å². The predicted molar refractivity (Wildman–Crippen MR) is 143 cm³/mol. The van der Waals surface area contributed by atoms with Crippen LogP contribution in [0.25, 0.3) is 10.9 Å². The van der Waals surface area contributed by atoms with Crippen LogP contribution in [0.2, 0.25) is 0 Å². The van der Waals surface area contributed by atoms with E-state index < -0.39 is 0 Å². The molecule has 4 fully saturated rings. The number of nitrogens with zero attached hydrogens (tertiary/aromatic N) is 3. The fraction of sp³-hybridized carbons (Fsp3) is 0.567. The molecular formula is C30H39N5. The molecule has 3 aliphatic carbocycles. The zero-order chi connectivity index (χ0) is 23.5. The van der Waals surface area contributed by atoms with Crippen molar-refractivity contribution in [3.8, 4) is 0 Å². The number of pyridine rings is 1. The molecule has 2 aromatic heterocycles. The number of aromatic amines is 1. The van der Waals surface area contributed by atoms with Crippen LogP contribution in [0.3, 0.4) is 0 Å². The lowest BCUT2D eigenvalue weighted by atomic mass is 9.61. The van der Waals surface area contributed by atoms with E-state index in [4.69, 9.17) is 4.98 Å². The second kappa shape index (κ2) is 8.63. The molecule has 1 saturated heterocycles. The number of hydrogen-bond acceptors (Lipinski definition) is 4. The largest absolute Gasteiger partial charge is 0.365 e. The Morgan fingerprint density at radius 2 is 1.94 bits per heavy atom. The molecule has 5 heteroatoms. The van der Waals surface area contributed by atoms with Crippen LogP contribution in [0.15, 0.2) is 42.6 Å². The van der Waals surface area contributed by atoms with Crippen molar-refractivity contribution in [2.75, 3.05) is 25.0 Å². The van der Waals surface area contributed by atoms with Crippen molar-refractivity contribution < 1.29 is 0 Å². The van der Waals surface area contributed by atoms with Gasteiger partial charge < -0.3 is 10.3 Å². The van der Waals surface area contributed by atoms with Crippen LogP contribution in [0, 0.1) is 11.8 Å². The number of para-hydroxylation sites is 1. The Morgan fingerprint density at radius 1 is 1.09 bits per heavy atom. The average molecular weight is 470 g/mol. The number of likely N-dealkylation sites (tertiary alicyclic amines) is 1. The van der Waals surface area contributed by atoms with E-state index in [2.05, 4.69) is 76.5 Å². The standard InChI is InChI=1S/C30H39N5/c1-3-12-34-17-23(18-34)32-28-11-9-21(16-31-28)30-29-25(24-6-4-5-7-26(24)33-29)13-19(2)35(30)27-10-8-20-14-22(27)15-20/h4-7,9,11,16,19-20,22-23,27,30,33H,3,8,10,12-15,17-18H2,1-2H3,(H,31,32)/t19-,20?,22?,27?,30-/m1/s1. The third-order valence-corrected chi connectivity index (χ3v) is 9.45. The fourth-order valence-corrected chi connectivity index (χ4v) is 7.73. The van der Waals surface area contributed by atoms with Gasteiger partial charge in [0.25, 0.3) is 0 Å². The zero-order valence-electron chi connectivity index (χ0n) is 21.2. The molecule has 5 nitrogen and oxygen atoms in total.